The molecule has 0 spiro atoms. The van der Waals surface area contributed by atoms with Crippen LogP contribution in [0, 0.1) is 0 Å². The molecule has 7 heteroatoms. The van der Waals surface area contributed by atoms with E-state index in [9.17, 15) is 0 Å². The number of fused-ring (bicyclic) bond motifs is 1. The van der Waals surface area contributed by atoms with Gasteiger partial charge in [-0.1, -0.05) is 34.5 Å². The van der Waals surface area contributed by atoms with E-state index in [1.165, 1.54) is 24.2 Å². The first-order chi connectivity index (χ1) is 9.20. The molecule has 1 fully saturated rings. The molecule has 0 aliphatic heterocycles. The standard InChI is InChI=1S/C12H8Cl2N4S/c13-8-3-7(4-9(14)5-8)11-17-18-10(6-1-2-6)15-16-12(18)19-11/h3-6H,1-2H2. The van der Waals surface area contributed by atoms with Gasteiger partial charge < -0.3 is 0 Å². The molecule has 19 heavy (non-hydrogen) atoms. The monoisotopic (exact) mass is 310 g/mol. The van der Waals surface area contributed by atoms with Gasteiger partial charge in [0.25, 0.3) is 0 Å². The van der Waals surface area contributed by atoms with Gasteiger partial charge in [0.15, 0.2) is 5.82 Å². The molecular weight excluding hydrogens is 303 g/mol. The summed E-state index contributed by atoms with van der Waals surface area (Å²) in [5.74, 6) is 1.48. The normalized spacial score (nSPS) is 15.3. The maximum absolute atomic E-state index is 6.02. The summed E-state index contributed by atoms with van der Waals surface area (Å²) in [7, 11) is 0. The molecule has 0 unspecified atom stereocenters. The van der Waals surface area contributed by atoms with Crippen molar-refractivity contribution in [3.63, 3.8) is 0 Å². The second-order valence-electron chi connectivity index (χ2n) is 4.59. The van der Waals surface area contributed by atoms with E-state index in [2.05, 4.69) is 15.3 Å². The van der Waals surface area contributed by atoms with E-state index < -0.39 is 0 Å². The molecule has 0 atom stereocenters. The van der Waals surface area contributed by atoms with Gasteiger partial charge in [0.05, 0.1) is 0 Å². The molecule has 0 amide bonds. The van der Waals surface area contributed by atoms with E-state index in [0.717, 1.165) is 21.4 Å². The zero-order valence-electron chi connectivity index (χ0n) is 9.68. The first-order valence-electron chi connectivity index (χ1n) is 5.89. The lowest BCUT2D eigenvalue weighted by Gasteiger charge is -1.98. The van der Waals surface area contributed by atoms with Crippen LogP contribution in [-0.4, -0.2) is 19.8 Å². The summed E-state index contributed by atoms with van der Waals surface area (Å²) in [5, 5.41) is 15.0. The summed E-state index contributed by atoms with van der Waals surface area (Å²) in [6.45, 7) is 0. The fraction of sp³-hybridized carbons (Fsp3) is 0.250. The van der Waals surface area contributed by atoms with Gasteiger partial charge in [-0.05, 0) is 31.0 Å². The van der Waals surface area contributed by atoms with Crippen LogP contribution in [0.5, 0.6) is 0 Å². The first-order valence-corrected chi connectivity index (χ1v) is 7.46. The molecular formula is C12H8Cl2N4S. The predicted molar refractivity (Wildman–Crippen MR) is 76.1 cm³/mol. The Kier molecular flexibility index (Phi) is 2.55. The summed E-state index contributed by atoms with van der Waals surface area (Å²) in [6, 6.07) is 5.42. The van der Waals surface area contributed by atoms with Crippen LogP contribution in [0.15, 0.2) is 18.2 Å². The highest BCUT2D eigenvalue weighted by atomic mass is 35.5. The van der Waals surface area contributed by atoms with E-state index in [1.54, 1.807) is 6.07 Å². The average Bonchev–Trinajstić information content (AvgIpc) is 2.98. The third-order valence-corrected chi connectivity index (χ3v) is 4.45. The highest BCUT2D eigenvalue weighted by Crippen LogP contribution is 2.40. The topological polar surface area (TPSA) is 43.1 Å². The second kappa shape index (κ2) is 4.16. The zero-order valence-corrected chi connectivity index (χ0v) is 12.0. The molecule has 96 valence electrons. The number of aromatic nitrogens is 4. The van der Waals surface area contributed by atoms with Crippen molar-refractivity contribution >= 4 is 39.5 Å². The molecule has 1 saturated carbocycles. The van der Waals surface area contributed by atoms with Gasteiger partial charge in [-0.3, -0.25) is 0 Å². The fourth-order valence-electron chi connectivity index (χ4n) is 2.02. The summed E-state index contributed by atoms with van der Waals surface area (Å²) in [5.41, 5.74) is 0.912. The smallest absolute Gasteiger partial charge is 0.187 e. The maximum Gasteiger partial charge on any atom is 0.234 e. The molecule has 2 aromatic heterocycles. The molecule has 0 N–H and O–H groups in total. The lowest BCUT2D eigenvalue weighted by atomic mass is 10.2. The van der Waals surface area contributed by atoms with Crippen molar-refractivity contribution in [2.45, 2.75) is 18.8 Å². The second-order valence-corrected chi connectivity index (χ2v) is 6.42. The third-order valence-electron chi connectivity index (χ3n) is 3.07. The van der Waals surface area contributed by atoms with Crippen molar-refractivity contribution < 1.29 is 0 Å². The Bertz CT molecular complexity index is 755. The Morgan fingerprint density at radius 1 is 1.11 bits per heavy atom. The maximum atomic E-state index is 6.02. The summed E-state index contributed by atoms with van der Waals surface area (Å²) >= 11 is 13.5. The van der Waals surface area contributed by atoms with Crippen molar-refractivity contribution in [1.29, 1.82) is 0 Å². The third kappa shape index (κ3) is 2.02. The Morgan fingerprint density at radius 2 is 1.84 bits per heavy atom. The van der Waals surface area contributed by atoms with Gasteiger partial charge in [0.1, 0.15) is 5.01 Å². The number of rotatable bonds is 2. The number of halogens is 2. The molecule has 4 nitrogen and oxygen atoms in total. The number of hydrogen-bond donors (Lipinski definition) is 0. The minimum absolute atomic E-state index is 0.521. The lowest BCUT2D eigenvalue weighted by Crippen LogP contribution is -1.93. The molecule has 3 aromatic rings. The van der Waals surface area contributed by atoms with Crippen LogP contribution in [0.2, 0.25) is 10.0 Å². The van der Waals surface area contributed by atoms with Gasteiger partial charge in [-0.25, -0.2) is 0 Å². The molecule has 0 bridgehead atoms. The Morgan fingerprint density at radius 3 is 2.53 bits per heavy atom. The van der Waals surface area contributed by atoms with Gasteiger partial charge in [-0.2, -0.15) is 9.61 Å². The van der Waals surface area contributed by atoms with E-state index in [0.29, 0.717) is 16.0 Å². The van der Waals surface area contributed by atoms with Gasteiger partial charge >= 0.3 is 0 Å². The Labute approximate surface area is 123 Å². The highest BCUT2D eigenvalue weighted by Gasteiger charge is 2.30. The summed E-state index contributed by atoms with van der Waals surface area (Å²) in [4.78, 5) is 0.813. The molecule has 0 saturated heterocycles. The predicted octanol–water partition coefficient (Wildman–Crippen LogP) is 4.04. The molecule has 1 aliphatic carbocycles. The van der Waals surface area contributed by atoms with Crippen molar-refractivity contribution in [3.8, 4) is 10.6 Å². The summed E-state index contributed by atoms with van der Waals surface area (Å²) in [6.07, 6.45) is 2.35. The van der Waals surface area contributed by atoms with E-state index in [-0.39, 0.29) is 0 Å². The van der Waals surface area contributed by atoms with Crippen LogP contribution in [0.25, 0.3) is 15.5 Å². The number of hydrogen-bond acceptors (Lipinski definition) is 4. The van der Waals surface area contributed by atoms with Crippen molar-refractivity contribution in [3.05, 3.63) is 34.1 Å². The first kappa shape index (κ1) is 11.6. The Balaban J connectivity index is 1.86. The van der Waals surface area contributed by atoms with Crippen LogP contribution in [0.3, 0.4) is 0 Å². The van der Waals surface area contributed by atoms with E-state index in [1.807, 2.05) is 16.6 Å². The number of nitrogens with zero attached hydrogens (tertiary/aromatic N) is 4. The van der Waals surface area contributed by atoms with Crippen molar-refractivity contribution in [2.75, 3.05) is 0 Å². The molecule has 1 aliphatic rings. The lowest BCUT2D eigenvalue weighted by molar-refractivity contribution is 0.828. The molecule has 1 aromatic carbocycles. The molecule has 4 rings (SSSR count). The van der Waals surface area contributed by atoms with Gasteiger partial charge in [0, 0.05) is 21.5 Å². The van der Waals surface area contributed by atoms with E-state index in [4.69, 9.17) is 23.2 Å². The van der Waals surface area contributed by atoms with Gasteiger partial charge in [0.2, 0.25) is 4.96 Å². The Hall–Kier alpha value is -1.17. The van der Waals surface area contributed by atoms with Crippen molar-refractivity contribution in [2.24, 2.45) is 0 Å². The van der Waals surface area contributed by atoms with Crippen LogP contribution >= 0.6 is 34.5 Å². The largest absolute Gasteiger partial charge is 0.234 e. The zero-order chi connectivity index (χ0) is 13.0. The van der Waals surface area contributed by atoms with Gasteiger partial charge in [-0.15, -0.1) is 10.2 Å². The van der Waals surface area contributed by atoms with Crippen molar-refractivity contribution in [1.82, 2.24) is 19.8 Å². The van der Waals surface area contributed by atoms with Crippen LogP contribution in [0.4, 0.5) is 0 Å². The minimum atomic E-state index is 0.521. The molecule has 0 radical (unpaired) electrons. The minimum Gasteiger partial charge on any atom is -0.187 e. The summed E-state index contributed by atoms with van der Waals surface area (Å²) < 4.78 is 1.84. The number of benzene rings is 1. The van der Waals surface area contributed by atoms with Crippen LogP contribution < -0.4 is 0 Å². The average molecular weight is 311 g/mol. The fourth-order valence-corrected chi connectivity index (χ4v) is 3.38. The highest BCUT2D eigenvalue weighted by molar-refractivity contribution is 7.19. The SMILES string of the molecule is Clc1cc(Cl)cc(-c2nn3c(C4CC4)nnc3s2)c1. The van der Waals surface area contributed by atoms with Crippen LogP contribution in [-0.2, 0) is 0 Å². The van der Waals surface area contributed by atoms with Crippen LogP contribution in [0.1, 0.15) is 24.6 Å². The van der Waals surface area contributed by atoms with E-state index >= 15 is 0 Å². The molecule has 2 heterocycles. The quantitative estimate of drug-likeness (QED) is 0.717.